The minimum atomic E-state index is -0.967. The Kier molecular flexibility index (Phi) is 5.80. The second kappa shape index (κ2) is 8.41. The van der Waals surface area contributed by atoms with E-state index in [2.05, 4.69) is 29.9 Å². The van der Waals surface area contributed by atoms with Crippen LogP contribution in [-0.2, 0) is 0 Å². The molecule has 0 aliphatic carbocycles. The molecule has 1 unspecified atom stereocenters. The number of pyridine rings is 2. The number of nitrogens with two attached hydrogens (primary N) is 1. The van der Waals surface area contributed by atoms with Crippen LogP contribution in [0.2, 0.25) is 0 Å². The van der Waals surface area contributed by atoms with Crippen LogP contribution in [0.4, 0.5) is 5.82 Å². The Morgan fingerprint density at radius 3 is 2.56 bits per heavy atom. The van der Waals surface area contributed by atoms with E-state index in [-0.39, 0.29) is 12.6 Å². The van der Waals surface area contributed by atoms with Gasteiger partial charge in [-0.15, -0.1) is 0 Å². The van der Waals surface area contributed by atoms with E-state index in [9.17, 15) is 10.4 Å². The Labute approximate surface area is 188 Å². The van der Waals surface area contributed by atoms with Gasteiger partial charge in [-0.2, -0.15) is 10.4 Å². The first-order valence-electron chi connectivity index (χ1n) is 10.9. The van der Waals surface area contributed by atoms with Crippen molar-refractivity contribution in [2.45, 2.75) is 39.3 Å². The topological polar surface area (TPSA) is 113 Å². The Morgan fingerprint density at radius 2 is 1.97 bits per heavy atom. The second-order valence-corrected chi connectivity index (χ2v) is 9.50. The van der Waals surface area contributed by atoms with Crippen LogP contribution in [0.25, 0.3) is 16.6 Å². The lowest BCUT2D eigenvalue weighted by Gasteiger charge is -2.40. The molecule has 1 saturated heterocycles. The first-order chi connectivity index (χ1) is 15.2. The summed E-state index contributed by atoms with van der Waals surface area (Å²) in [6.45, 7) is 9.63. The monoisotopic (exact) mass is 434 g/mol. The first kappa shape index (κ1) is 22.1. The fourth-order valence-electron chi connectivity index (χ4n) is 4.23. The largest absolute Gasteiger partial charge is 0.489 e. The van der Waals surface area contributed by atoms with Gasteiger partial charge in [0, 0.05) is 36.5 Å². The number of nitriles is 1. The Balaban J connectivity index is 1.69. The summed E-state index contributed by atoms with van der Waals surface area (Å²) in [5, 5.41) is 23.9. The quantitative estimate of drug-likeness (QED) is 0.635. The predicted molar refractivity (Wildman–Crippen MR) is 123 cm³/mol. The Morgan fingerprint density at radius 1 is 1.25 bits per heavy atom. The van der Waals surface area contributed by atoms with E-state index in [4.69, 9.17) is 15.5 Å². The van der Waals surface area contributed by atoms with Gasteiger partial charge in [0.1, 0.15) is 24.2 Å². The summed E-state index contributed by atoms with van der Waals surface area (Å²) < 4.78 is 7.44. The molecule has 0 amide bonds. The zero-order valence-electron chi connectivity index (χ0n) is 19.0. The van der Waals surface area contributed by atoms with Gasteiger partial charge < -0.3 is 20.5 Å². The van der Waals surface area contributed by atoms with E-state index >= 15 is 0 Å². The molecule has 3 N–H and O–H groups in total. The number of ether oxygens (including phenoxy) is 1. The number of aromatic nitrogens is 3. The highest BCUT2D eigenvalue weighted by Gasteiger charge is 2.29. The third kappa shape index (κ3) is 4.40. The molecule has 0 radical (unpaired) electrons. The summed E-state index contributed by atoms with van der Waals surface area (Å²) >= 11 is 0. The van der Waals surface area contributed by atoms with Crippen LogP contribution >= 0.6 is 0 Å². The molecule has 1 aliphatic heterocycles. The fourth-order valence-corrected chi connectivity index (χ4v) is 4.23. The van der Waals surface area contributed by atoms with Crippen LogP contribution in [-0.4, -0.2) is 51.0 Å². The van der Waals surface area contributed by atoms with Crippen molar-refractivity contribution in [3.05, 3.63) is 42.4 Å². The zero-order chi connectivity index (χ0) is 23.0. The molecule has 4 heterocycles. The zero-order valence-corrected chi connectivity index (χ0v) is 19.0. The van der Waals surface area contributed by atoms with E-state index in [1.165, 1.54) is 0 Å². The lowest BCUT2D eigenvalue weighted by Crippen LogP contribution is -2.51. The number of piperidine rings is 1. The minimum Gasteiger partial charge on any atom is -0.489 e. The van der Waals surface area contributed by atoms with Crippen LogP contribution in [0.1, 0.15) is 33.3 Å². The average molecular weight is 435 g/mol. The van der Waals surface area contributed by atoms with Crippen molar-refractivity contribution >= 4 is 11.3 Å². The van der Waals surface area contributed by atoms with Gasteiger partial charge in [0.2, 0.25) is 0 Å². The highest BCUT2D eigenvalue weighted by atomic mass is 16.5. The van der Waals surface area contributed by atoms with Crippen molar-refractivity contribution in [1.82, 2.24) is 14.6 Å². The third-order valence-corrected chi connectivity index (χ3v) is 6.01. The van der Waals surface area contributed by atoms with Gasteiger partial charge in [0.05, 0.1) is 29.1 Å². The van der Waals surface area contributed by atoms with E-state index < -0.39 is 5.60 Å². The molecule has 0 aromatic carbocycles. The summed E-state index contributed by atoms with van der Waals surface area (Å²) in [6, 6.07) is 8.30. The van der Waals surface area contributed by atoms with Crippen molar-refractivity contribution in [1.29, 1.82) is 5.26 Å². The van der Waals surface area contributed by atoms with Crippen molar-refractivity contribution in [3.8, 4) is 22.9 Å². The summed E-state index contributed by atoms with van der Waals surface area (Å²) in [5.41, 5.74) is 8.16. The number of hydrogen-bond acceptors (Lipinski definition) is 7. The Hall–Kier alpha value is -3.15. The average Bonchev–Trinajstić information content (AvgIpc) is 3.18. The predicted octanol–water partition coefficient (Wildman–Crippen LogP) is 2.84. The van der Waals surface area contributed by atoms with Crippen LogP contribution in [0.3, 0.4) is 0 Å². The smallest absolute Gasteiger partial charge is 0.138 e. The first-order valence-corrected chi connectivity index (χ1v) is 10.9. The fraction of sp³-hybridized carbons (Fsp3) is 0.458. The van der Waals surface area contributed by atoms with E-state index in [0.717, 1.165) is 30.0 Å². The van der Waals surface area contributed by atoms with Gasteiger partial charge in [-0.05, 0) is 43.9 Å². The molecule has 0 saturated carbocycles. The molecule has 3 atom stereocenters. The SMILES string of the molecule is C[C@@H]1CN(c2ccc(-c3cc(OCC(C)(C)O)cn4ncc(C#N)c34)cn2)C[C@H](C)C1N. The van der Waals surface area contributed by atoms with Gasteiger partial charge in [-0.1, -0.05) is 13.8 Å². The highest BCUT2D eigenvalue weighted by Crippen LogP contribution is 2.32. The second-order valence-electron chi connectivity index (χ2n) is 9.50. The summed E-state index contributed by atoms with van der Waals surface area (Å²) in [4.78, 5) is 7.00. The van der Waals surface area contributed by atoms with E-state index in [1.54, 1.807) is 30.8 Å². The Bertz CT molecular complexity index is 1130. The lowest BCUT2D eigenvalue weighted by atomic mass is 9.86. The number of anilines is 1. The molecule has 3 aromatic rings. The van der Waals surface area contributed by atoms with Gasteiger partial charge in [-0.3, -0.25) is 0 Å². The number of rotatable bonds is 5. The third-order valence-electron chi connectivity index (χ3n) is 6.01. The number of hydrogen-bond donors (Lipinski definition) is 2. The molecule has 1 fully saturated rings. The van der Waals surface area contributed by atoms with Crippen LogP contribution in [0.5, 0.6) is 5.75 Å². The van der Waals surface area contributed by atoms with Gasteiger partial charge in [0.25, 0.3) is 0 Å². The van der Waals surface area contributed by atoms with Crippen LogP contribution in [0, 0.1) is 23.2 Å². The van der Waals surface area contributed by atoms with Crippen molar-refractivity contribution in [3.63, 3.8) is 0 Å². The molecule has 0 spiro atoms. The molecular formula is C24H30N6O2. The summed E-state index contributed by atoms with van der Waals surface area (Å²) in [5.74, 6) is 2.27. The van der Waals surface area contributed by atoms with E-state index in [1.807, 2.05) is 24.4 Å². The molecule has 4 rings (SSSR count). The summed E-state index contributed by atoms with van der Waals surface area (Å²) in [7, 11) is 0. The van der Waals surface area contributed by atoms with Crippen LogP contribution < -0.4 is 15.4 Å². The van der Waals surface area contributed by atoms with Gasteiger partial charge >= 0.3 is 0 Å². The maximum absolute atomic E-state index is 10.0. The maximum Gasteiger partial charge on any atom is 0.138 e. The van der Waals surface area contributed by atoms with Crippen molar-refractivity contribution in [2.24, 2.45) is 17.6 Å². The maximum atomic E-state index is 10.0. The molecule has 8 heteroatoms. The lowest BCUT2D eigenvalue weighted by molar-refractivity contribution is 0.0283. The molecule has 3 aromatic heterocycles. The van der Waals surface area contributed by atoms with Crippen molar-refractivity contribution < 1.29 is 9.84 Å². The van der Waals surface area contributed by atoms with Gasteiger partial charge in [-0.25, -0.2) is 9.50 Å². The standard InChI is InChI=1S/C24H30N6O2/c1-15-11-29(12-16(2)22(15)26)21-6-5-17(9-27-21)20-7-19(32-14-24(3,4)31)13-30-23(20)18(8-25)10-28-30/h5-7,9-10,13,15-16,22,31H,11-12,14,26H2,1-4H3/t15-,16+,22?. The van der Waals surface area contributed by atoms with Crippen LogP contribution in [0.15, 0.2) is 36.8 Å². The van der Waals surface area contributed by atoms with E-state index in [0.29, 0.717) is 28.7 Å². The molecular weight excluding hydrogens is 404 g/mol. The highest BCUT2D eigenvalue weighted by molar-refractivity contribution is 5.85. The molecule has 168 valence electrons. The number of fused-ring (bicyclic) bond motifs is 1. The molecule has 8 nitrogen and oxygen atoms in total. The number of nitrogens with zero attached hydrogens (tertiary/aromatic N) is 5. The molecule has 1 aliphatic rings. The number of aliphatic hydroxyl groups is 1. The van der Waals surface area contributed by atoms with Gasteiger partial charge in [0.15, 0.2) is 0 Å². The molecule has 32 heavy (non-hydrogen) atoms. The van der Waals surface area contributed by atoms with Crippen molar-refractivity contribution in [2.75, 3.05) is 24.6 Å². The summed E-state index contributed by atoms with van der Waals surface area (Å²) in [6.07, 6.45) is 5.08. The molecule has 0 bridgehead atoms. The minimum absolute atomic E-state index is 0.134. The normalized spacial score (nSPS) is 21.5.